The number of urea groups is 1. The number of sulfonamides is 1. The van der Waals surface area contributed by atoms with E-state index in [0.29, 0.717) is 30.6 Å². The zero-order valence-electron chi connectivity index (χ0n) is 14.7. The summed E-state index contributed by atoms with van der Waals surface area (Å²) in [4.78, 5) is 36.2. The van der Waals surface area contributed by atoms with Gasteiger partial charge < -0.3 is 10.6 Å². The monoisotopic (exact) mass is 456 g/mol. The summed E-state index contributed by atoms with van der Waals surface area (Å²) in [6.07, 6.45) is -3.57. The van der Waals surface area contributed by atoms with Crippen molar-refractivity contribution >= 4 is 44.3 Å². The van der Waals surface area contributed by atoms with Crippen molar-refractivity contribution in [2.75, 3.05) is 5.32 Å². The fourth-order valence-electron chi connectivity index (χ4n) is 3.12. The second-order valence-corrected chi connectivity index (χ2v) is 9.28. The number of carbonyl (C=O) groups is 3. The molecule has 2 aliphatic rings. The van der Waals surface area contributed by atoms with E-state index in [1.807, 2.05) is 0 Å². The number of alkyl halides is 3. The lowest BCUT2D eigenvalue weighted by molar-refractivity contribution is -0.198. The Hall–Kier alpha value is -2.33. The number of halogens is 3. The maximum atomic E-state index is 13.8. The number of aromatic nitrogens is 2. The van der Waals surface area contributed by atoms with Crippen LogP contribution in [0.15, 0.2) is 4.34 Å². The summed E-state index contributed by atoms with van der Waals surface area (Å²) in [5.74, 6) is -2.35. The second kappa shape index (κ2) is 7.17. The Balaban J connectivity index is 1.95. The second-order valence-electron chi connectivity index (χ2n) is 6.45. The van der Waals surface area contributed by atoms with Crippen molar-refractivity contribution in [2.45, 2.75) is 54.8 Å². The topological polar surface area (TPSA) is 150 Å². The molecule has 29 heavy (non-hydrogen) atoms. The molecule has 2 heterocycles. The molecule has 0 aromatic carbocycles. The molecular formula is C13H15F3N6O5S2. The van der Waals surface area contributed by atoms with Crippen molar-refractivity contribution in [3.63, 3.8) is 0 Å². The van der Waals surface area contributed by atoms with Crippen LogP contribution in [-0.2, 0) is 19.6 Å². The van der Waals surface area contributed by atoms with E-state index in [1.54, 1.807) is 0 Å². The fraction of sp³-hybridized carbons (Fsp3) is 0.615. The predicted octanol–water partition coefficient (Wildman–Crippen LogP) is 0.528. The van der Waals surface area contributed by atoms with Gasteiger partial charge in [0.1, 0.15) is 0 Å². The van der Waals surface area contributed by atoms with Gasteiger partial charge >= 0.3 is 12.2 Å². The van der Waals surface area contributed by atoms with Crippen LogP contribution in [0.5, 0.6) is 0 Å². The van der Waals surface area contributed by atoms with E-state index in [9.17, 15) is 36.0 Å². The van der Waals surface area contributed by atoms with E-state index in [-0.39, 0.29) is 16.5 Å². The fourth-order valence-corrected chi connectivity index (χ4v) is 5.34. The van der Waals surface area contributed by atoms with Crippen LogP contribution in [-0.4, -0.2) is 59.2 Å². The first-order valence-corrected chi connectivity index (χ1v) is 10.5. The molecule has 11 nitrogen and oxygen atoms in total. The van der Waals surface area contributed by atoms with Gasteiger partial charge in [0.15, 0.2) is 0 Å². The standard InChI is InChI=1S/C13H15F3N6O5S2/c1-6(23)17-9-19-20-11(28-9)29(26,27)21-12(13(14,15)16)8(24)22(10(25)18-12)7-4-2-3-5-7/h7,21H,2-5H2,1H3,(H,18,25)(H,17,19,23)/t12-/m1/s1. The molecule has 160 valence electrons. The molecule has 16 heteroatoms. The van der Waals surface area contributed by atoms with Crippen molar-refractivity contribution < 1.29 is 36.0 Å². The van der Waals surface area contributed by atoms with Crippen LogP contribution in [0.4, 0.5) is 23.1 Å². The Bertz CT molecular complexity index is 958. The van der Waals surface area contributed by atoms with Crippen LogP contribution in [0.2, 0.25) is 0 Å². The molecule has 3 rings (SSSR count). The summed E-state index contributed by atoms with van der Waals surface area (Å²) in [7, 11) is -5.04. The van der Waals surface area contributed by atoms with Gasteiger partial charge in [-0.3, -0.25) is 14.5 Å². The van der Waals surface area contributed by atoms with Gasteiger partial charge in [0, 0.05) is 13.0 Å². The van der Waals surface area contributed by atoms with Crippen LogP contribution < -0.4 is 15.4 Å². The minimum absolute atomic E-state index is 0.270. The quantitative estimate of drug-likeness (QED) is 0.432. The van der Waals surface area contributed by atoms with E-state index >= 15 is 0 Å². The molecule has 1 aliphatic heterocycles. The molecule has 4 amide bonds. The van der Waals surface area contributed by atoms with Crippen molar-refractivity contribution in [2.24, 2.45) is 0 Å². The van der Waals surface area contributed by atoms with Gasteiger partial charge in [-0.05, 0) is 12.8 Å². The molecule has 1 saturated heterocycles. The minimum atomic E-state index is -5.48. The molecule has 3 N–H and O–H groups in total. The van der Waals surface area contributed by atoms with Gasteiger partial charge in [-0.25, -0.2) is 13.2 Å². The average Bonchev–Trinajstić information content (AvgIpc) is 3.28. The number of carbonyl (C=O) groups excluding carboxylic acids is 3. The summed E-state index contributed by atoms with van der Waals surface area (Å²) in [5.41, 5.74) is -3.87. The third-order valence-electron chi connectivity index (χ3n) is 4.37. The number of anilines is 1. The normalized spacial score (nSPS) is 23.5. The van der Waals surface area contributed by atoms with Crippen molar-refractivity contribution in [3.05, 3.63) is 0 Å². The molecule has 0 spiro atoms. The summed E-state index contributed by atoms with van der Waals surface area (Å²) in [6.45, 7) is 1.11. The number of hydrogen-bond acceptors (Lipinski definition) is 8. The maximum absolute atomic E-state index is 13.8. The summed E-state index contributed by atoms with van der Waals surface area (Å²) in [6, 6.07) is -2.08. The van der Waals surface area contributed by atoms with E-state index < -0.39 is 50.1 Å². The minimum Gasteiger partial charge on any atom is -0.303 e. The first-order chi connectivity index (χ1) is 13.4. The highest BCUT2D eigenvalue weighted by atomic mass is 32.2. The van der Waals surface area contributed by atoms with E-state index in [2.05, 4.69) is 15.5 Å². The van der Waals surface area contributed by atoms with E-state index in [0.717, 1.165) is 6.92 Å². The molecular weight excluding hydrogens is 441 g/mol. The van der Waals surface area contributed by atoms with Gasteiger partial charge in [0.2, 0.25) is 15.4 Å². The zero-order valence-corrected chi connectivity index (χ0v) is 16.4. The number of amides is 4. The summed E-state index contributed by atoms with van der Waals surface area (Å²) >= 11 is 0.279. The van der Waals surface area contributed by atoms with Crippen molar-refractivity contribution in [1.82, 2.24) is 25.1 Å². The average molecular weight is 456 g/mol. The largest absolute Gasteiger partial charge is 0.435 e. The molecule has 1 atom stereocenters. The molecule has 0 unspecified atom stereocenters. The molecule has 1 aliphatic carbocycles. The van der Waals surface area contributed by atoms with Crippen LogP contribution in [0, 0.1) is 0 Å². The van der Waals surface area contributed by atoms with Gasteiger partial charge in [-0.15, -0.1) is 10.2 Å². The van der Waals surface area contributed by atoms with Crippen LogP contribution in [0.3, 0.4) is 0 Å². The van der Waals surface area contributed by atoms with E-state index in [1.165, 1.54) is 10.0 Å². The Kier molecular flexibility index (Phi) is 5.29. The molecule has 0 bridgehead atoms. The number of imide groups is 1. The van der Waals surface area contributed by atoms with Crippen molar-refractivity contribution in [3.8, 4) is 0 Å². The highest BCUT2D eigenvalue weighted by molar-refractivity contribution is 7.91. The summed E-state index contributed by atoms with van der Waals surface area (Å²) < 4.78 is 66.8. The smallest absolute Gasteiger partial charge is 0.303 e. The van der Waals surface area contributed by atoms with Crippen LogP contribution in [0.25, 0.3) is 0 Å². The summed E-state index contributed by atoms with van der Waals surface area (Å²) in [5, 5.41) is 9.91. The number of rotatable bonds is 5. The predicted molar refractivity (Wildman–Crippen MR) is 91.0 cm³/mol. The first kappa shape index (κ1) is 21.4. The van der Waals surface area contributed by atoms with Gasteiger partial charge in [0.25, 0.3) is 21.6 Å². The number of nitrogens with zero attached hydrogens (tertiary/aromatic N) is 3. The maximum Gasteiger partial charge on any atom is 0.435 e. The Labute approximate surface area is 166 Å². The van der Waals surface area contributed by atoms with Gasteiger partial charge in [-0.2, -0.15) is 17.9 Å². The lowest BCUT2D eigenvalue weighted by Gasteiger charge is -2.29. The molecule has 1 aromatic rings. The Morgan fingerprint density at radius 2 is 1.90 bits per heavy atom. The lowest BCUT2D eigenvalue weighted by atomic mass is 10.1. The van der Waals surface area contributed by atoms with Crippen LogP contribution in [0.1, 0.15) is 32.6 Å². The third-order valence-corrected chi connectivity index (χ3v) is 7.03. The lowest BCUT2D eigenvalue weighted by Crippen LogP contribution is -2.69. The molecule has 1 saturated carbocycles. The Morgan fingerprint density at radius 3 is 2.45 bits per heavy atom. The van der Waals surface area contributed by atoms with Gasteiger partial charge in [-0.1, -0.05) is 24.2 Å². The number of hydrogen-bond donors (Lipinski definition) is 3. The highest BCUT2D eigenvalue weighted by Crippen LogP contribution is 2.38. The molecule has 1 aromatic heterocycles. The SMILES string of the molecule is CC(=O)Nc1nnc(S(=O)(=O)N[C@]2(C(F)(F)F)NC(=O)N(C3CCCC3)C2=O)s1. The Morgan fingerprint density at radius 1 is 1.28 bits per heavy atom. The third kappa shape index (κ3) is 3.78. The molecule has 2 fully saturated rings. The van der Waals surface area contributed by atoms with E-state index in [4.69, 9.17) is 0 Å². The van der Waals surface area contributed by atoms with Crippen LogP contribution >= 0.6 is 11.3 Å². The molecule has 0 radical (unpaired) electrons. The first-order valence-electron chi connectivity index (χ1n) is 8.25. The van der Waals surface area contributed by atoms with Gasteiger partial charge in [0.05, 0.1) is 0 Å². The zero-order chi connectivity index (χ0) is 21.6. The van der Waals surface area contributed by atoms with Crippen molar-refractivity contribution in [1.29, 1.82) is 0 Å². The number of nitrogens with one attached hydrogen (secondary N) is 3. The highest BCUT2D eigenvalue weighted by Gasteiger charge is 2.70.